The molecular weight excluding hydrogens is 310 g/mol. The minimum Gasteiger partial charge on any atom is -0.371 e. The van der Waals surface area contributed by atoms with Gasteiger partial charge in [-0.25, -0.2) is 9.67 Å². The first-order chi connectivity index (χ1) is 11.0. The van der Waals surface area contributed by atoms with Gasteiger partial charge in [0.2, 0.25) is 0 Å². The van der Waals surface area contributed by atoms with Gasteiger partial charge in [0, 0.05) is 12.1 Å². The van der Waals surface area contributed by atoms with E-state index >= 15 is 0 Å². The van der Waals surface area contributed by atoms with Crippen LogP contribution in [0.1, 0.15) is 32.3 Å². The summed E-state index contributed by atoms with van der Waals surface area (Å²) in [7, 11) is 1.79. The number of hydrogen-bond acceptors (Lipinski definition) is 3. The summed E-state index contributed by atoms with van der Waals surface area (Å²) < 4.78 is 7.97. The van der Waals surface area contributed by atoms with Crippen LogP contribution in [0.5, 0.6) is 0 Å². The molecule has 1 saturated carbocycles. The average Bonchev–Trinajstić information content (AvgIpc) is 3.11. The molecule has 1 fully saturated rings. The summed E-state index contributed by atoms with van der Waals surface area (Å²) in [6.07, 6.45) is 7.63. The highest BCUT2D eigenvalue weighted by molar-refractivity contribution is 6.30. The van der Waals surface area contributed by atoms with Crippen LogP contribution in [-0.2, 0) is 11.3 Å². The maximum Gasteiger partial charge on any atom is 0.137 e. The molecule has 0 aliphatic heterocycles. The second-order valence-corrected chi connectivity index (χ2v) is 7.17. The van der Waals surface area contributed by atoms with Crippen LogP contribution in [0.2, 0.25) is 5.02 Å². The summed E-state index contributed by atoms with van der Waals surface area (Å²) in [5.74, 6) is 0. The van der Waals surface area contributed by atoms with E-state index in [0.717, 1.165) is 23.4 Å². The molecule has 2 aromatic rings. The minimum absolute atomic E-state index is 0.0198. The predicted molar refractivity (Wildman–Crippen MR) is 92.2 cm³/mol. The third-order valence-electron chi connectivity index (χ3n) is 5.04. The van der Waals surface area contributed by atoms with E-state index in [1.807, 2.05) is 28.9 Å². The molecule has 0 N–H and O–H groups in total. The summed E-state index contributed by atoms with van der Waals surface area (Å²) in [6, 6.07) is 7.91. The molecule has 0 saturated heterocycles. The van der Waals surface area contributed by atoms with Crippen LogP contribution in [0.25, 0.3) is 6.08 Å². The summed E-state index contributed by atoms with van der Waals surface area (Å²) in [5, 5.41) is 5.02. The summed E-state index contributed by atoms with van der Waals surface area (Å²) >= 11 is 5.99. The van der Waals surface area contributed by atoms with Crippen LogP contribution in [0.15, 0.2) is 42.5 Å². The van der Waals surface area contributed by atoms with Gasteiger partial charge in [-0.05, 0) is 41.5 Å². The quantitative estimate of drug-likeness (QED) is 0.842. The highest BCUT2D eigenvalue weighted by Gasteiger charge is 2.53. The number of hydrogen-bond donors (Lipinski definition) is 0. The van der Waals surface area contributed by atoms with Crippen molar-refractivity contribution in [3.63, 3.8) is 0 Å². The zero-order chi connectivity index (χ0) is 16.5. The van der Waals surface area contributed by atoms with E-state index in [0.29, 0.717) is 6.54 Å². The van der Waals surface area contributed by atoms with Gasteiger partial charge in [-0.1, -0.05) is 43.7 Å². The van der Waals surface area contributed by atoms with Crippen LogP contribution in [0.4, 0.5) is 0 Å². The molecule has 1 aromatic carbocycles. The molecule has 1 aliphatic rings. The van der Waals surface area contributed by atoms with Crippen molar-refractivity contribution in [2.75, 3.05) is 7.11 Å². The van der Waals surface area contributed by atoms with Crippen molar-refractivity contribution in [3.05, 3.63) is 53.1 Å². The van der Waals surface area contributed by atoms with Crippen molar-refractivity contribution in [3.8, 4) is 0 Å². The first kappa shape index (κ1) is 16.2. The van der Waals surface area contributed by atoms with Crippen LogP contribution in [0.3, 0.4) is 0 Å². The fraction of sp³-hybridized carbons (Fsp3) is 0.444. The van der Waals surface area contributed by atoms with Gasteiger partial charge in [0.15, 0.2) is 0 Å². The molecule has 0 amide bonds. The standard InChI is InChI=1S/C18H22ClN3O/c1-17(2)9-8-15(10-14-4-6-16(19)7-5-14)18(17,23-3)11-22-13-20-12-21-22/h4-7,10,12-13H,8-9,11H2,1-3H3/b15-10-. The third-order valence-corrected chi connectivity index (χ3v) is 5.29. The Morgan fingerprint density at radius 1 is 1.30 bits per heavy atom. The second kappa shape index (κ2) is 6.10. The maximum atomic E-state index is 6.11. The van der Waals surface area contributed by atoms with Crippen molar-refractivity contribution in [1.29, 1.82) is 0 Å². The molecule has 1 unspecified atom stereocenters. The molecule has 1 heterocycles. The monoisotopic (exact) mass is 331 g/mol. The summed E-state index contributed by atoms with van der Waals surface area (Å²) in [4.78, 5) is 4.06. The van der Waals surface area contributed by atoms with E-state index in [-0.39, 0.29) is 11.0 Å². The molecule has 23 heavy (non-hydrogen) atoms. The van der Waals surface area contributed by atoms with Gasteiger partial charge in [0.25, 0.3) is 0 Å². The molecule has 5 heteroatoms. The zero-order valence-electron chi connectivity index (χ0n) is 13.8. The SMILES string of the molecule is COC1(Cn2cncn2)/C(=C\c2ccc(Cl)cc2)CCC1(C)C. The first-order valence-electron chi connectivity index (χ1n) is 7.81. The van der Waals surface area contributed by atoms with E-state index in [9.17, 15) is 0 Å². The highest BCUT2D eigenvalue weighted by Crippen LogP contribution is 2.52. The molecule has 4 nitrogen and oxygen atoms in total. The normalized spacial score (nSPS) is 25.1. The van der Waals surface area contributed by atoms with Gasteiger partial charge in [-0.15, -0.1) is 0 Å². The summed E-state index contributed by atoms with van der Waals surface area (Å²) in [5.41, 5.74) is 2.07. The van der Waals surface area contributed by atoms with Crippen molar-refractivity contribution in [2.24, 2.45) is 5.41 Å². The number of methoxy groups -OCH3 is 1. The Balaban J connectivity index is 2.02. The van der Waals surface area contributed by atoms with Crippen molar-refractivity contribution in [2.45, 2.75) is 38.8 Å². The lowest BCUT2D eigenvalue weighted by Crippen LogP contribution is -2.47. The number of aromatic nitrogens is 3. The molecule has 1 aromatic heterocycles. The summed E-state index contributed by atoms with van der Waals surface area (Å²) in [6.45, 7) is 5.18. The van der Waals surface area contributed by atoms with E-state index < -0.39 is 0 Å². The number of halogens is 1. The smallest absolute Gasteiger partial charge is 0.137 e. The minimum atomic E-state index is -0.389. The molecule has 0 radical (unpaired) electrons. The maximum absolute atomic E-state index is 6.11. The van der Waals surface area contributed by atoms with Crippen molar-refractivity contribution < 1.29 is 4.74 Å². The predicted octanol–water partition coefficient (Wildman–Crippen LogP) is 4.22. The molecule has 122 valence electrons. The number of nitrogens with zero attached hydrogens (tertiary/aromatic N) is 3. The lowest BCUT2D eigenvalue weighted by Gasteiger charge is -2.41. The van der Waals surface area contributed by atoms with Gasteiger partial charge in [0.1, 0.15) is 18.3 Å². The average molecular weight is 332 g/mol. The van der Waals surface area contributed by atoms with Crippen LogP contribution in [-0.4, -0.2) is 27.5 Å². The molecular formula is C18H22ClN3O. The Kier molecular flexibility index (Phi) is 4.30. The van der Waals surface area contributed by atoms with Crippen molar-refractivity contribution >= 4 is 17.7 Å². The van der Waals surface area contributed by atoms with E-state index in [1.165, 1.54) is 5.57 Å². The van der Waals surface area contributed by atoms with Gasteiger partial charge >= 0.3 is 0 Å². The first-order valence-corrected chi connectivity index (χ1v) is 8.19. The molecule has 0 bridgehead atoms. The van der Waals surface area contributed by atoms with E-state index in [2.05, 4.69) is 30.0 Å². The molecule has 0 spiro atoms. The zero-order valence-corrected chi connectivity index (χ0v) is 14.5. The fourth-order valence-electron chi connectivity index (χ4n) is 3.56. The molecule has 1 atom stereocenters. The Bertz CT molecular complexity index is 692. The van der Waals surface area contributed by atoms with E-state index in [1.54, 1.807) is 19.8 Å². The largest absolute Gasteiger partial charge is 0.371 e. The fourth-order valence-corrected chi connectivity index (χ4v) is 3.69. The van der Waals surface area contributed by atoms with Gasteiger partial charge in [0.05, 0.1) is 6.54 Å². The highest BCUT2D eigenvalue weighted by atomic mass is 35.5. The Morgan fingerprint density at radius 3 is 2.65 bits per heavy atom. The van der Waals surface area contributed by atoms with Crippen LogP contribution in [0, 0.1) is 5.41 Å². The number of benzene rings is 1. The Morgan fingerprint density at radius 2 is 2.04 bits per heavy atom. The second-order valence-electron chi connectivity index (χ2n) is 6.73. The van der Waals surface area contributed by atoms with Crippen LogP contribution >= 0.6 is 11.6 Å². The van der Waals surface area contributed by atoms with Crippen molar-refractivity contribution in [1.82, 2.24) is 14.8 Å². The number of ether oxygens (including phenoxy) is 1. The molecule has 3 rings (SSSR count). The topological polar surface area (TPSA) is 39.9 Å². The van der Waals surface area contributed by atoms with Crippen LogP contribution < -0.4 is 0 Å². The third kappa shape index (κ3) is 2.93. The van der Waals surface area contributed by atoms with Gasteiger partial charge < -0.3 is 4.74 Å². The lowest BCUT2D eigenvalue weighted by molar-refractivity contribution is -0.0660. The van der Waals surface area contributed by atoms with Gasteiger partial charge in [-0.2, -0.15) is 5.10 Å². The Hall–Kier alpha value is -1.65. The Labute approximate surface area is 142 Å². The lowest BCUT2D eigenvalue weighted by atomic mass is 9.75. The van der Waals surface area contributed by atoms with Gasteiger partial charge in [-0.3, -0.25) is 0 Å². The van der Waals surface area contributed by atoms with E-state index in [4.69, 9.17) is 16.3 Å². The number of rotatable bonds is 4. The molecule has 1 aliphatic carbocycles.